The van der Waals surface area contributed by atoms with E-state index >= 15 is 0 Å². The SMILES string of the molecule is OC[C@@]12COCN1C1(CCC3(CC1)OC[C@@]1(CO)COCN31)OC2. The predicted octanol–water partition coefficient (Wildman–Crippen LogP) is -0.945. The van der Waals surface area contributed by atoms with E-state index in [1.165, 1.54) is 0 Å². The molecule has 1 aliphatic carbocycles. The molecule has 136 valence electrons. The number of aliphatic hydroxyl groups is 2. The van der Waals surface area contributed by atoms with Gasteiger partial charge in [-0.1, -0.05) is 0 Å². The zero-order valence-electron chi connectivity index (χ0n) is 13.9. The van der Waals surface area contributed by atoms with Crippen molar-refractivity contribution in [2.75, 3.05) is 53.1 Å². The van der Waals surface area contributed by atoms with Crippen LogP contribution in [0.4, 0.5) is 0 Å². The summed E-state index contributed by atoms with van der Waals surface area (Å²) in [5.41, 5.74) is -1.49. The van der Waals surface area contributed by atoms with Gasteiger partial charge in [-0.05, 0) is 25.7 Å². The summed E-state index contributed by atoms with van der Waals surface area (Å²) in [6.07, 6.45) is 3.32. The summed E-state index contributed by atoms with van der Waals surface area (Å²) in [7, 11) is 0. The first kappa shape index (κ1) is 15.9. The Kier molecular flexibility index (Phi) is 3.38. The number of aliphatic hydroxyl groups excluding tert-OH is 2. The minimum atomic E-state index is -0.382. The number of hydrogen-bond acceptors (Lipinski definition) is 8. The van der Waals surface area contributed by atoms with Gasteiger partial charge < -0.3 is 29.2 Å². The Morgan fingerprint density at radius 1 is 0.667 bits per heavy atom. The van der Waals surface area contributed by atoms with Crippen molar-refractivity contribution in [3.8, 4) is 0 Å². The van der Waals surface area contributed by atoms with Gasteiger partial charge in [0, 0.05) is 0 Å². The minimum absolute atomic E-state index is 0.0595. The molecule has 0 bridgehead atoms. The van der Waals surface area contributed by atoms with Crippen LogP contribution < -0.4 is 0 Å². The molecule has 4 heterocycles. The quantitative estimate of drug-likeness (QED) is 0.665. The van der Waals surface area contributed by atoms with Gasteiger partial charge in [-0.15, -0.1) is 0 Å². The molecule has 8 heteroatoms. The Morgan fingerprint density at radius 3 is 1.46 bits per heavy atom. The van der Waals surface area contributed by atoms with Crippen molar-refractivity contribution in [3.05, 3.63) is 0 Å². The molecular formula is C16H26N2O6. The Labute approximate surface area is 141 Å². The van der Waals surface area contributed by atoms with E-state index in [4.69, 9.17) is 18.9 Å². The summed E-state index contributed by atoms with van der Waals surface area (Å²) in [6.45, 7) is 3.24. The topological polar surface area (TPSA) is 83.9 Å². The monoisotopic (exact) mass is 342 g/mol. The Morgan fingerprint density at radius 2 is 1.08 bits per heavy atom. The lowest BCUT2D eigenvalue weighted by Gasteiger charge is -2.49. The number of rotatable bonds is 2. The van der Waals surface area contributed by atoms with Crippen LogP contribution in [0, 0.1) is 0 Å². The van der Waals surface area contributed by atoms with Crippen molar-refractivity contribution in [3.63, 3.8) is 0 Å². The van der Waals surface area contributed by atoms with Crippen LogP contribution >= 0.6 is 0 Å². The summed E-state index contributed by atoms with van der Waals surface area (Å²) in [4.78, 5) is 4.45. The van der Waals surface area contributed by atoms with E-state index in [2.05, 4.69) is 9.80 Å². The third-order valence-electron chi connectivity index (χ3n) is 6.93. The van der Waals surface area contributed by atoms with E-state index < -0.39 is 0 Å². The van der Waals surface area contributed by atoms with Gasteiger partial charge in [0.25, 0.3) is 0 Å². The van der Waals surface area contributed by atoms with Crippen molar-refractivity contribution >= 4 is 0 Å². The molecule has 2 spiro atoms. The van der Waals surface area contributed by atoms with Crippen molar-refractivity contribution in [1.29, 1.82) is 0 Å². The second kappa shape index (κ2) is 5.11. The Balaban J connectivity index is 1.37. The minimum Gasteiger partial charge on any atom is -0.394 e. The van der Waals surface area contributed by atoms with Crippen LogP contribution in [-0.4, -0.2) is 95.6 Å². The zero-order chi connectivity index (χ0) is 16.5. The first-order chi connectivity index (χ1) is 11.6. The third kappa shape index (κ3) is 1.80. The summed E-state index contributed by atoms with van der Waals surface area (Å²) >= 11 is 0. The largest absolute Gasteiger partial charge is 0.394 e. The average molecular weight is 342 g/mol. The average Bonchev–Trinajstić information content (AvgIpc) is 3.34. The molecule has 0 aromatic carbocycles. The van der Waals surface area contributed by atoms with E-state index in [0.717, 1.165) is 25.7 Å². The van der Waals surface area contributed by atoms with E-state index in [0.29, 0.717) is 39.9 Å². The second-order valence-electron chi connectivity index (χ2n) is 8.05. The van der Waals surface area contributed by atoms with Crippen molar-refractivity contribution in [2.45, 2.75) is 48.2 Å². The van der Waals surface area contributed by atoms with Gasteiger partial charge in [-0.3, -0.25) is 0 Å². The molecule has 5 aliphatic rings. The van der Waals surface area contributed by atoms with Gasteiger partial charge >= 0.3 is 0 Å². The number of ether oxygens (including phenoxy) is 4. The lowest BCUT2D eigenvalue weighted by molar-refractivity contribution is -0.197. The smallest absolute Gasteiger partial charge is 0.124 e. The van der Waals surface area contributed by atoms with Crippen LogP contribution in [0.25, 0.3) is 0 Å². The van der Waals surface area contributed by atoms with Gasteiger partial charge in [-0.2, -0.15) is 0 Å². The highest BCUT2D eigenvalue weighted by molar-refractivity contribution is 5.11. The maximum absolute atomic E-state index is 9.86. The number of fused-ring (bicyclic) bond motifs is 4. The molecule has 0 aromatic heterocycles. The molecule has 4 aliphatic heterocycles. The third-order valence-corrected chi connectivity index (χ3v) is 6.93. The lowest BCUT2D eigenvalue weighted by Crippen LogP contribution is -2.61. The normalized spacial score (nSPS) is 51.8. The van der Waals surface area contributed by atoms with Crippen LogP contribution in [0.1, 0.15) is 25.7 Å². The first-order valence-corrected chi connectivity index (χ1v) is 8.84. The summed E-state index contributed by atoms with van der Waals surface area (Å²) in [6, 6.07) is 0. The van der Waals surface area contributed by atoms with Crippen molar-refractivity contribution in [1.82, 2.24) is 9.80 Å². The van der Waals surface area contributed by atoms with Crippen molar-refractivity contribution in [2.24, 2.45) is 0 Å². The van der Waals surface area contributed by atoms with Gasteiger partial charge in [-0.25, -0.2) is 9.80 Å². The lowest BCUT2D eigenvalue weighted by atomic mass is 9.82. The molecule has 0 unspecified atom stereocenters. The highest BCUT2D eigenvalue weighted by Gasteiger charge is 2.65. The summed E-state index contributed by atoms with van der Waals surface area (Å²) in [5, 5.41) is 19.7. The molecule has 0 radical (unpaired) electrons. The van der Waals surface area contributed by atoms with E-state index in [1.54, 1.807) is 0 Å². The Bertz CT molecular complexity index is 479. The fourth-order valence-corrected chi connectivity index (χ4v) is 5.33. The van der Waals surface area contributed by atoms with Crippen LogP contribution in [0.3, 0.4) is 0 Å². The zero-order valence-corrected chi connectivity index (χ0v) is 13.9. The van der Waals surface area contributed by atoms with Gasteiger partial charge in [0.05, 0.1) is 50.7 Å². The molecule has 1 saturated carbocycles. The Hall–Kier alpha value is -0.320. The highest BCUT2D eigenvalue weighted by Crippen LogP contribution is 2.53. The number of nitrogens with zero attached hydrogens (tertiary/aromatic N) is 2. The fraction of sp³-hybridized carbons (Fsp3) is 1.00. The number of hydrogen-bond donors (Lipinski definition) is 2. The molecule has 5 fully saturated rings. The molecule has 0 aromatic rings. The van der Waals surface area contributed by atoms with E-state index in [9.17, 15) is 10.2 Å². The predicted molar refractivity (Wildman–Crippen MR) is 80.8 cm³/mol. The molecule has 4 saturated heterocycles. The molecular weight excluding hydrogens is 316 g/mol. The van der Waals surface area contributed by atoms with Crippen LogP contribution in [0.15, 0.2) is 0 Å². The van der Waals surface area contributed by atoms with Gasteiger partial charge in [0.1, 0.15) is 24.9 Å². The molecule has 24 heavy (non-hydrogen) atoms. The van der Waals surface area contributed by atoms with Crippen molar-refractivity contribution < 1.29 is 29.2 Å². The highest BCUT2D eigenvalue weighted by atomic mass is 16.6. The van der Waals surface area contributed by atoms with E-state index in [-0.39, 0.29) is 35.7 Å². The molecule has 0 amide bonds. The van der Waals surface area contributed by atoms with Gasteiger partial charge in [0.15, 0.2) is 0 Å². The van der Waals surface area contributed by atoms with Crippen LogP contribution in [0.2, 0.25) is 0 Å². The summed E-state index contributed by atoms with van der Waals surface area (Å²) in [5.74, 6) is 0. The van der Waals surface area contributed by atoms with E-state index in [1.807, 2.05) is 0 Å². The second-order valence-corrected chi connectivity index (χ2v) is 8.05. The maximum atomic E-state index is 9.86. The van der Waals surface area contributed by atoms with Crippen LogP contribution in [-0.2, 0) is 18.9 Å². The molecule has 2 atom stereocenters. The molecule has 2 N–H and O–H groups in total. The fourth-order valence-electron chi connectivity index (χ4n) is 5.33. The van der Waals surface area contributed by atoms with Gasteiger partial charge in [0.2, 0.25) is 0 Å². The standard InChI is InChI=1S/C16H26N2O6/c19-5-13-7-21-11-17(13)15(23-9-13)1-2-16(4-3-15)18-12-22-8-14(18,6-20)10-24-16/h19-20H,1-12H2/t13-,14+,15?,16?. The first-order valence-electron chi connectivity index (χ1n) is 8.84. The summed E-state index contributed by atoms with van der Waals surface area (Å²) < 4.78 is 23.8. The maximum Gasteiger partial charge on any atom is 0.124 e. The molecule has 8 nitrogen and oxygen atoms in total. The van der Waals surface area contributed by atoms with Crippen LogP contribution in [0.5, 0.6) is 0 Å². The molecule has 5 rings (SSSR count).